The van der Waals surface area contributed by atoms with Crippen LogP contribution >= 0.6 is 11.3 Å². The summed E-state index contributed by atoms with van der Waals surface area (Å²) >= 11 is 0.999. The van der Waals surface area contributed by atoms with Crippen LogP contribution in [0.25, 0.3) is 10.2 Å². The average Bonchev–Trinajstić information content (AvgIpc) is 3.10. The zero-order valence-electron chi connectivity index (χ0n) is 16.7. The van der Waals surface area contributed by atoms with Crippen molar-refractivity contribution in [1.82, 2.24) is 15.3 Å². The lowest BCUT2D eigenvalue weighted by molar-refractivity contribution is -0.120. The van der Waals surface area contributed by atoms with Crippen LogP contribution < -0.4 is 14.8 Å². The van der Waals surface area contributed by atoms with Gasteiger partial charge in [-0.15, -0.1) is 0 Å². The van der Waals surface area contributed by atoms with Crippen LogP contribution in [0.3, 0.4) is 0 Å². The molecule has 0 radical (unpaired) electrons. The van der Waals surface area contributed by atoms with Crippen molar-refractivity contribution in [3.8, 4) is 11.1 Å². The highest BCUT2D eigenvalue weighted by Gasteiger charge is 2.25. The molecule has 1 atom stereocenters. The van der Waals surface area contributed by atoms with Crippen LogP contribution in [0, 0.1) is 5.82 Å². The number of hydrogen-bond acceptors (Lipinski definition) is 7. The largest absolute Gasteiger partial charge is 0.469 e. The van der Waals surface area contributed by atoms with Gasteiger partial charge in [-0.25, -0.2) is 18.7 Å². The lowest BCUT2D eigenvalue weighted by Crippen LogP contribution is -2.36. The number of ether oxygens (including phenoxy) is 3. The van der Waals surface area contributed by atoms with E-state index in [-0.39, 0.29) is 28.9 Å². The third-order valence-electron chi connectivity index (χ3n) is 4.59. The lowest BCUT2D eigenvalue weighted by Gasteiger charge is -2.29. The number of pyridine rings is 1. The fourth-order valence-electron chi connectivity index (χ4n) is 3.25. The lowest BCUT2D eigenvalue weighted by atomic mass is 9.95. The Morgan fingerprint density at radius 3 is 2.63 bits per heavy atom. The number of rotatable bonds is 9. The minimum Gasteiger partial charge on any atom is -0.469 e. The SMILES string of the molecule is CC(=O)N[C@@H](C)COC1CCC(Oc2nc3cnc(OCC(F)F)c(F)c3s2)CC1. The summed E-state index contributed by atoms with van der Waals surface area (Å²) in [6.45, 7) is 2.89. The van der Waals surface area contributed by atoms with Crippen LogP contribution in [0.5, 0.6) is 11.1 Å². The van der Waals surface area contributed by atoms with Gasteiger partial charge in [-0.3, -0.25) is 4.79 Å². The first-order valence-corrected chi connectivity index (χ1v) is 10.5. The summed E-state index contributed by atoms with van der Waals surface area (Å²) in [5.74, 6) is -1.37. The molecule has 166 valence electrons. The molecule has 1 fully saturated rings. The van der Waals surface area contributed by atoms with E-state index >= 15 is 0 Å². The minimum atomic E-state index is -2.71. The molecule has 30 heavy (non-hydrogen) atoms. The predicted molar refractivity (Wildman–Crippen MR) is 105 cm³/mol. The normalized spacial score (nSPS) is 20.3. The first kappa shape index (κ1) is 22.5. The number of carbonyl (C=O) groups is 1. The van der Waals surface area contributed by atoms with Crippen molar-refractivity contribution in [2.24, 2.45) is 0 Å². The number of alkyl halides is 2. The van der Waals surface area contributed by atoms with Gasteiger partial charge in [0.2, 0.25) is 11.7 Å². The number of carbonyl (C=O) groups excluding carboxylic acids is 1. The van der Waals surface area contributed by atoms with Gasteiger partial charge in [0.15, 0.2) is 6.61 Å². The monoisotopic (exact) mass is 447 g/mol. The molecule has 0 saturated heterocycles. The van der Waals surface area contributed by atoms with Crippen molar-refractivity contribution >= 4 is 27.5 Å². The Balaban J connectivity index is 1.51. The first-order chi connectivity index (χ1) is 14.3. The summed E-state index contributed by atoms with van der Waals surface area (Å²) < 4.78 is 55.6. The molecule has 7 nitrogen and oxygen atoms in total. The Morgan fingerprint density at radius 2 is 1.97 bits per heavy atom. The molecule has 0 aliphatic heterocycles. The highest BCUT2D eigenvalue weighted by Crippen LogP contribution is 2.35. The van der Waals surface area contributed by atoms with E-state index in [0.717, 1.165) is 37.0 Å². The molecular formula is C19H24F3N3O4S. The standard InChI is InChI=1S/C19H24F3N3O4S/c1-10(24-11(2)26)8-27-12-3-5-13(6-4-12)29-19-25-14-7-23-18(28-9-15(20)21)16(22)17(14)30-19/h7,10,12-13,15H,3-6,8-9H2,1-2H3,(H,24,26)/t10-,12?,13?/m0/s1. The van der Waals surface area contributed by atoms with Crippen LogP contribution in [-0.4, -0.2) is 53.8 Å². The molecule has 0 aromatic carbocycles. The molecule has 1 amide bonds. The Labute approximate surface area is 175 Å². The molecule has 3 rings (SSSR count). The van der Waals surface area contributed by atoms with Crippen molar-refractivity contribution < 1.29 is 32.2 Å². The Hall–Kier alpha value is -2.14. The zero-order chi connectivity index (χ0) is 21.7. The van der Waals surface area contributed by atoms with Gasteiger partial charge >= 0.3 is 0 Å². The number of halogens is 3. The number of thiazole rings is 1. The quantitative estimate of drug-likeness (QED) is 0.631. The fourth-order valence-corrected chi connectivity index (χ4v) is 4.13. The molecule has 0 bridgehead atoms. The Bertz CT molecular complexity index is 859. The summed E-state index contributed by atoms with van der Waals surface area (Å²) in [6.07, 6.45) is 1.75. The van der Waals surface area contributed by atoms with Gasteiger partial charge in [0, 0.05) is 13.0 Å². The summed E-state index contributed by atoms with van der Waals surface area (Å²) in [7, 11) is 0. The second kappa shape index (κ2) is 10.3. The number of aromatic nitrogens is 2. The van der Waals surface area contributed by atoms with E-state index in [1.807, 2.05) is 6.92 Å². The van der Waals surface area contributed by atoms with E-state index in [4.69, 9.17) is 14.2 Å². The fraction of sp³-hybridized carbons (Fsp3) is 0.632. The smallest absolute Gasteiger partial charge is 0.274 e. The van der Waals surface area contributed by atoms with E-state index in [1.54, 1.807) is 0 Å². The maximum Gasteiger partial charge on any atom is 0.274 e. The molecule has 1 aliphatic rings. The van der Waals surface area contributed by atoms with Crippen molar-refractivity contribution in [3.63, 3.8) is 0 Å². The Morgan fingerprint density at radius 1 is 1.27 bits per heavy atom. The van der Waals surface area contributed by atoms with Crippen LogP contribution in [0.4, 0.5) is 13.2 Å². The van der Waals surface area contributed by atoms with Gasteiger partial charge in [0.05, 0.1) is 18.9 Å². The maximum absolute atomic E-state index is 14.4. The van der Waals surface area contributed by atoms with Crippen molar-refractivity contribution in [2.75, 3.05) is 13.2 Å². The second-order valence-corrected chi connectivity index (χ2v) is 8.19. The van der Waals surface area contributed by atoms with Crippen LogP contribution in [0.1, 0.15) is 39.5 Å². The van der Waals surface area contributed by atoms with E-state index in [2.05, 4.69) is 15.3 Å². The third kappa shape index (κ3) is 6.18. The van der Waals surface area contributed by atoms with Gasteiger partial charge in [-0.1, -0.05) is 11.3 Å². The maximum atomic E-state index is 14.4. The first-order valence-electron chi connectivity index (χ1n) is 9.73. The van der Waals surface area contributed by atoms with Gasteiger partial charge in [-0.2, -0.15) is 4.39 Å². The van der Waals surface area contributed by atoms with Crippen molar-refractivity contribution in [2.45, 2.75) is 64.2 Å². The molecule has 1 aliphatic carbocycles. The molecule has 0 unspecified atom stereocenters. The number of hydrogen-bond donors (Lipinski definition) is 1. The molecule has 1 saturated carbocycles. The van der Waals surface area contributed by atoms with Crippen LogP contribution in [0.15, 0.2) is 6.20 Å². The number of amides is 1. The van der Waals surface area contributed by atoms with E-state index < -0.39 is 24.7 Å². The molecule has 0 spiro atoms. The molecular weight excluding hydrogens is 423 g/mol. The third-order valence-corrected chi connectivity index (χ3v) is 5.55. The zero-order valence-corrected chi connectivity index (χ0v) is 17.5. The number of nitrogens with zero attached hydrogens (tertiary/aromatic N) is 2. The van der Waals surface area contributed by atoms with E-state index in [0.29, 0.717) is 17.3 Å². The van der Waals surface area contributed by atoms with Gasteiger partial charge in [-0.05, 0) is 32.6 Å². The topological polar surface area (TPSA) is 82.6 Å². The summed E-state index contributed by atoms with van der Waals surface area (Å²) in [5.41, 5.74) is 0.292. The second-order valence-electron chi connectivity index (χ2n) is 7.23. The molecule has 2 aromatic heterocycles. The van der Waals surface area contributed by atoms with Gasteiger partial charge in [0.25, 0.3) is 17.5 Å². The highest BCUT2D eigenvalue weighted by molar-refractivity contribution is 7.20. The van der Waals surface area contributed by atoms with E-state index in [1.165, 1.54) is 13.1 Å². The van der Waals surface area contributed by atoms with Crippen molar-refractivity contribution in [1.29, 1.82) is 0 Å². The summed E-state index contributed by atoms with van der Waals surface area (Å²) in [5, 5.41) is 3.09. The molecule has 11 heteroatoms. The van der Waals surface area contributed by atoms with Crippen molar-refractivity contribution in [3.05, 3.63) is 12.0 Å². The number of fused-ring (bicyclic) bond motifs is 1. The average molecular weight is 447 g/mol. The Kier molecular flexibility index (Phi) is 7.70. The highest BCUT2D eigenvalue weighted by atomic mass is 32.1. The molecule has 2 aromatic rings. The minimum absolute atomic E-state index is 0.0442. The van der Waals surface area contributed by atoms with Gasteiger partial charge < -0.3 is 19.5 Å². The summed E-state index contributed by atoms with van der Waals surface area (Å²) in [4.78, 5) is 19.0. The molecule has 2 heterocycles. The number of nitrogens with one attached hydrogen (secondary N) is 1. The van der Waals surface area contributed by atoms with E-state index in [9.17, 15) is 18.0 Å². The predicted octanol–water partition coefficient (Wildman–Crippen LogP) is 3.71. The van der Waals surface area contributed by atoms with Crippen LogP contribution in [-0.2, 0) is 9.53 Å². The van der Waals surface area contributed by atoms with Gasteiger partial charge in [0.1, 0.15) is 16.3 Å². The molecule has 1 N–H and O–H groups in total. The van der Waals surface area contributed by atoms with Crippen LogP contribution in [0.2, 0.25) is 0 Å². The summed E-state index contributed by atoms with van der Waals surface area (Å²) in [6, 6.07) is -0.0442.